The minimum absolute atomic E-state index is 0.0211. The fraction of sp³-hybridized carbons (Fsp3) is 0.375. The van der Waals surface area contributed by atoms with Crippen molar-refractivity contribution in [2.24, 2.45) is 5.41 Å². The molecule has 2 aliphatic rings. The van der Waals surface area contributed by atoms with Gasteiger partial charge in [0.2, 0.25) is 12.3 Å². The van der Waals surface area contributed by atoms with Crippen molar-refractivity contribution in [1.29, 1.82) is 0 Å². The highest BCUT2D eigenvalue weighted by Crippen LogP contribution is 2.44. The number of carbonyl (C=O) groups excluding carboxylic acids is 2. The Morgan fingerprint density at radius 3 is 2.15 bits per heavy atom. The van der Waals surface area contributed by atoms with Crippen LogP contribution in [-0.4, -0.2) is 50.1 Å². The minimum Gasteiger partial charge on any atom is -0.493 e. The van der Waals surface area contributed by atoms with E-state index in [0.29, 0.717) is 31.7 Å². The van der Waals surface area contributed by atoms with Gasteiger partial charge in [0.05, 0.1) is 18.8 Å². The van der Waals surface area contributed by atoms with Crippen molar-refractivity contribution < 1.29 is 23.5 Å². The molecule has 2 amide bonds. The molecule has 0 aliphatic carbocycles. The van der Waals surface area contributed by atoms with Crippen molar-refractivity contribution in [1.82, 2.24) is 4.90 Å². The summed E-state index contributed by atoms with van der Waals surface area (Å²) in [7, 11) is 0. The Morgan fingerprint density at radius 1 is 0.950 bits per heavy atom. The van der Waals surface area contributed by atoms with Gasteiger partial charge in [0.25, 0.3) is 0 Å². The Labute approximate surface area is 234 Å². The maximum atomic E-state index is 13.6. The van der Waals surface area contributed by atoms with E-state index in [9.17, 15) is 14.0 Å². The quantitative estimate of drug-likeness (QED) is 0.322. The molecule has 5 rings (SSSR count). The normalized spacial score (nSPS) is 16.8. The molecule has 2 aliphatic heterocycles. The molecule has 210 valence electrons. The number of nitrogens with zero attached hydrogens (tertiary/aromatic N) is 2. The summed E-state index contributed by atoms with van der Waals surface area (Å²) in [5.74, 6) is 1.34. The highest BCUT2D eigenvalue weighted by Gasteiger charge is 2.45. The molecule has 0 bridgehead atoms. The summed E-state index contributed by atoms with van der Waals surface area (Å²) in [5.41, 5.74) is 4.34. The van der Waals surface area contributed by atoms with Crippen LogP contribution in [0.2, 0.25) is 0 Å². The maximum Gasteiger partial charge on any atom is 0.227 e. The van der Waals surface area contributed by atoms with E-state index < -0.39 is 0 Å². The highest BCUT2D eigenvalue weighted by molar-refractivity contribution is 5.96. The van der Waals surface area contributed by atoms with E-state index in [1.54, 1.807) is 12.1 Å². The molecule has 0 unspecified atom stereocenters. The van der Waals surface area contributed by atoms with Gasteiger partial charge in [-0.3, -0.25) is 14.5 Å². The van der Waals surface area contributed by atoms with Crippen LogP contribution >= 0.6 is 0 Å². The number of halogens is 1. The summed E-state index contributed by atoms with van der Waals surface area (Å²) in [6, 6.07) is 18.0. The molecule has 0 radical (unpaired) electrons. The summed E-state index contributed by atoms with van der Waals surface area (Å²) in [6.45, 7) is 8.20. The minimum atomic E-state index is -0.281. The number of carbonyl (C=O) groups is 2. The molecule has 2 heterocycles. The Morgan fingerprint density at radius 2 is 1.57 bits per heavy atom. The number of likely N-dealkylation sites (tertiary alicyclic amines) is 1. The largest absolute Gasteiger partial charge is 0.493 e. The molecular weight excluding hydrogens is 509 g/mol. The SMILES string of the molecule is CCOc1cc(CN2CCC3(CC2)CC(=O)N(c2ccc(NC=O)cc2)C3)cc(OCC)c1-c1ccc(F)cc1. The molecule has 1 N–H and O–H groups in total. The summed E-state index contributed by atoms with van der Waals surface area (Å²) in [4.78, 5) is 28.0. The summed E-state index contributed by atoms with van der Waals surface area (Å²) in [5, 5.41) is 2.63. The number of amides is 2. The van der Waals surface area contributed by atoms with Gasteiger partial charge in [-0.15, -0.1) is 0 Å². The number of anilines is 2. The van der Waals surface area contributed by atoms with Crippen molar-refractivity contribution in [3.05, 3.63) is 72.0 Å². The molecule has 3 aromatic carbocycles. The predicted octanol–water partition coefficient (Wildman–Crippen LogP) is 5.88. The second kappa shape index (κ2) is 12.1. The van der Waals surface area contributed by atoms with Crippen molar-refractivity contribution in [2.75, 3.05) is 43.1 Å². The molecule has 7 nitrogen and oxygen atoms in total. The van der Waals surface area contributed by atoms with Gasteiger partial charge in [-0.25, -0.2) is 4.39 Å². The van der Waals surface area contributed by atoms with E-state index in [4.69, 9.17) is 9.47 Å². The summed E-state index contributed by atoms with van der Waals surface area (Å²) >= 11 is 0. The monoisotopic (exact) mass is 545 g/mol. The smallest absolute Gasteiger partial charge is 0.227 e. The molecule has 40 heavy (non-hydrogen) atoms. The average Bonchev–Trinajstić information content (AvgIpc) is 3.27. The second-order valence-corrected chi connectivity index (χ2v) is 10.6. The summed E-state index contributed by atoms with van der Waals surface area (Å²) < 4.78 is 25.7. The van der Waals surface area contributed by atoms with Crippen LogP contribution in [0, 0.1) is 11.2 Å². The predicted molar refractivity (Wildman–Crippen MR) is 154 cm³/mol. The molecule has 8 heteroatoms. The molecule has 0 atom stereocenters. The lowest BCUT2D eigenvalue weighted by Gasteiger charge is -2.39. The zero-order valence-corrected chi connectivity index (χ0v) is 23.1. The molecule has 2 fully saturated rings. The first-order valence-corrected chi connectivity index (χ1v) is 13.9. The van der Waals surface area contributed by atoms with Crippen LogP contribution in [0.5, 0.6) is 11.5 Å². The van der Waals surface area contributed by atoms with Crippen LogP contribution in [0.3, 0.4) is 0 Å². The third kappa shape index (κ3) is 5.97. The number of hydrogen-bond acceptors (Lipinski definition) is 5. The van der Waals surface area contributed by atoms with Gasteiger partial charge in [0, 0.05) is 30.9 Å². The fourth-order valence-electron chi connectivity index (χ4n) is 5.89. The van der Waals surface area contributed by atoms with E-state index in [1.165, 1.54) is 12.1 Å². The second-order valence-electron chi connectivity index (χ2n) is 10.6. The van der Waals surface area contributed by atoms with E-state index in [2.05, 4.69) is 22.3 Å². The number of piperidine rings is 1. The molecular formula is C32H36FN3O4. The number of ether oxygens (including phenoxy) is 2. The van der Waals surface area contributed by atoms with Crippen LogP contribution in [0.25, 0.3) is 11.1 Å². The van der Waals surface area contributed by atoms with Crippen LogP contribution in [0.15, 0.2) is 60.7 Å². The topological polar surface area (TPSA) is 71.1 Å². The average molecular weight is 546 g/mol. The first kappa shape index (κ1) is 27.6. The zero-order chi connectivity index (χ0) is 28.1. The Bertz CT molecular complexity index is 1310. The maximum absolute atomic E-state index is 13.6. The van der Waals surface area contributed by atoms with Gasteiger partial charge in [-0.1, -0.05) is 12.1 Å². The van der Waals surface area contributed by atoms with Crippen LogP contribution in [0.4, 0.5) is 15.8 Å². The van der Waals surface area contributed by atoms with Gasteiger partial charge in [0.15, 0.2) is 0 Å². The number of rotatable bonds is 10. The Hall–Kier alpha value is -3.91. The number of benzene rings is 3. The number of nitrogens with one attached hydrogen (secondary N) is 1. The van der Waals surface area contributed by atoms with Crippen molar-refractivity contribution in [3.8, 4) is 22.6 Å². The van der Waals surface area contributed by atoms with Crippen molar-refractivity contribution in [2.45, 2.75) is 39.7 Å². The lowest BCUT2D eigenvalue weighted by molar-refractivity contribution is -0.118. The highest BCUT2D eigenvalue weighted by atomic mass is 19.1. The molecule has 0 aromatic heterocycles. The molecule has 3 aromatic rings. The summed E-state index contributed by atoms with van der Waals surface area (Å²) in [6.07, 6.45) is 3.10. The number of hydrogen-bond donors (Lipinski definition) is 1. The van der Waals surface area contributed by atoms with Crippen molar-refractivity contribution in [3.63, 3.8) is 0 Å². The van der Waals surface area contributed by atoms with Crippen LogP contribution < -0.4 is 19.7 Å². The van der Waals surface area contributed by atoms with Crippen molar-refractivity contribution >= 4 is 23.7 Å². The third-order valence-electron chi connectivity index (χ3n) is 7.91. The van der Waals surface area contributed by atoms with Gasteiger partial charge in [-0.05, 0) is 105 Å². The fourth-order valence-corrected chi connectivity index (χ4v) is 5.89. The lowest BCUT2D eigenvalue weighted by atomic mass is 9.77. The van der Waals surface area contributed by atoms with E-state index in [-0.39, 0.29) is 17.1 Å². The molecule has 2 saturated heterocycles. The first-order chi connectivity index (χ1) is 19.4. The van der Waals surface area contributed by atoms with Gasteiger partial charge in [0.1, 0.15) is 17.3 Å². The zero-order valence-electron chi connectivity index (χ0n) is 23.1. The lowest BCUT2D eigenvalue weighted by Crippen LogP contribution is -2.41. The van der Waals surface area contributed by atoms with Gasteiger partial charge >= 0.3 is 0 Å². The first-order valence-electron chi connectivity index (χ1n) is 13.9. The van der Waals surface area contributed by atoms with E-state index in [0.717, 1.165) is 72.9 Å². The van der Waals surface area contributed by atoms with Gasteiger partial charge < -0.3 is 19.7 Å². The standard InChI is InChI=1S/C32H36FN3O4/c1-3-39-28-17-23(18-29(40-4-2)31(28)24-5-7-25(33)8-6-24)20-35-15-13-32(14-16-35)19-30(38)36(21-32)27-11-9-26(10-12-27)34-22-37/h5-12,17-18,22H,3-4,13-16,19-21H2,1-2H3,(H,34,37). The Kier molecular flexibility index (Phi) is 8.35. The van der Waals surface area contributed by atoms with Crippen LogP contribution in [-0.2, 0) is 16.1 Å². The Balaban J connectivity index is 1.28. The van der Waals surface area contributed by atoms with Gasteiger partial charge in [-0.2, -0.15) is 0 Å². The van der Waals surface area contributed by atoms with E-state index in [1.807, 2.05) is 43.0 Å². The van der Waals surface area contributed by atoms with E-state index >= 15 is 0 Å². The molecule has 1 spiro atoms. The molecule has 0 saturated carbocycles. The van der Waals surface area contributed by atoms with Crippen LogP contribution in [0.1, 0.15) is 38.7 Å². The third-order valence-corrected chi connectivity index (χ3v) is 7.91.